The number of ketones is 1. The maximum atomic E-state index is 12.4. The van der Waals surface area contributed by atoms with E-state index < -0.39 is 0 Å². The summed E-state index contributed by atoms with van der Waals surface area (Å²) in [4.78, 5) is 16.4. The molecule has 0 atom stereocenters. The van der Waals surface area contributed by atoms with Crippen LogP contribution in [-0.4, -0.2) is 20.5 Å². The van der Waals surface area contributed by atoms with Crippen LogP contribution in [0.25, 0.3) is 17.3 Å². The van der Waals surface area contributed by atoms with Crippen LogP contribution in [0.4, 0.5) is 0 Å². The fourth-order valence-electron chi connectivity index (χ4n) is 2.52. The molecule has 2 heterocycles. The van der Waals surface area contributed by atoms with Crippen LogP contribution in [0.15, 0.2) is 55.0 Å². The summed E-state index contributed by atoms with van der Waals surface area (Å²) < 4.78 is 1.75. The van der Waals surface area contributed by atoms with E-state index in [9.17, 15) is 4.79 Å². The molecule has 0 aliphatic carbocycles. The van der Waals surface area contributed by atoms with Gasteiger partial charge in [0.25, 0.3) is 0 Å². The Hall–Kier alpha value is -3.01. The molecule has 0 amide bonds. The topological polar surface area (TPSA) is 47.8 Å². The molecular weight excluding hydrogens is 298 g/mol. The molecule has 0 spiro atoms. The van der Waals surface area contributed by atoms with Crippen molar-refractivity contribution in [3.05, 3.63) is 77.3 Å². The molecule has 0 fully saturated rings. The Kier molecular flexibility index (Phi) is 4.38. The molecule has 0 unspecified atom stereocenters. The summed E-state index contributed by atoms with van der Waals surface area (Å²) in [5, 5.41) is 4.48. The number of allylic oxidation sites excluding steroid dienone is 1. The number of carbonyl (C=O) groups excluding carboxylic acids is 1. The molecule has 4 nitrogen and oxygen atoms in total. The zero-order chi connectivity index (χ0) is 17.1. The summed E-state index contributed by atoms with van der Waals surface area (Å²) in [5.41, 5.74) is 5.72. The van der Waals surface area contributed by atoms with Crippen molar-refractivity contribution in [2.24, 2.45) is 7.05 Å². The van der Waals surface area contributed by atoms with Crippen LogP contribution in [-0.2, 0) is 7.05 Å². The van der Waals surface area contributed by atoms with E-state index in [2.05, 4.69) is 10.1 Å². The fourth-order valence-corrected chi connectivity index (χ4v) is 2.52. The first-order valence-electron chi connectivity index (χ1n) is 7.78. The Labute approximate surface area is 141 Å². The normalized spacial score (nSPS) is 11.1. The molecule has 3 rings (SSSR count). The number of hydrogen-bond acceptors (Lipinski definition) is 3. The maximum Gasteiger partial charge on any atom is 0.185 e. The van der Waals surface area contributed by atoms with E-state index in [1.807, 2.05) is 63.5 Å². The second-order valence-electron chi connectivity index (χ2n) is 5.84. The standard InChI is InChI=1S/C20H19N3O/c1-14-4-5-17(12-15(14)2)19(24)7-6-18-13-23(3)22-20(18)16-8-10-21-11-9-16/h4-13H,1-3H3. The smallest absolute Gasteiger partial charge is 0.185 e. The van der Waals surface area contributed by atoms with Gasteiger partial charge in [-0.05, 0) is 55.3 Å². The lowest BCUT2D eigenvalue weighted by Gasteiger charge is -2.02. The summed E-state index contributed by atoms with van der Waals surface area (Å²) in [6.45, 7) is 4.05. The average Bonchev–Trinajstić information content (AvgIpc) is 2.97. The maximum absolute atomic E-state index is 12.4. The number of benzene rings is 1. The van der Waals surface area contributed by atoms with Gasteiger partial charge in [-0.1, -0.05) is 12.1 Å². The number of nitrogens with zero attached hydrogens (tertiary/aromatic N) is 3. The molecule has 2 aromatic heterocycles. The second-order valence-corrected chi connectivity index (χ2v) is 5.84. The summed E-state index contributed by atoms with van der Waals surface area (Å²) in [6.07, 6.45) is 8.79. The Morgan fingerprint density at radius 3 is 2.54 bits per heavy atom. The van der Waals surface area contributed by atoms with Crippen molar-refractivity contribution in [2.75, 3.05) is 0 Å². The third-order valence-electron chi connectivity index (χ3n) is 4.02. The van der Waals surface area contributed by atoms with Crippen LogP contribution >= 0.6 is 0 Å². The average molecular weight is 317 g/mol. The number of aryl methyl sites for hydroxylation is 3. The number of rotatable bonds is 4. The highest BCUT2D eigenvalue weighted by molar-refractivity contribution is 6.07. The number of pyridine rings is 1. The minimum Gasteiger partial charge on any atom is -0.289 e. The van der Waals surface area contributed by atoms with Gasteiger partial charge in [0, 0.05) is 42.3 Å². The molecule has 120 valence electrons. The molecule has 4 heteroatoms. The van der Waals surface area contributed by atoms with Gasteiger partial charge < -0.3 is 0 Å². The van der Waals surface area contributed by atoms with Gasteiger partial charge in [-0.2, -0.15) is 5.10 Å². The molecule has 3 aromatic rings. The van der Waals surface area contributed by atoms with Crippen LogP contribution in [0.2, 0.25) is 0 Å². The SMILES string of the molecule is Cc1ccc(C(=O)C=Cc2cn(C)nc2-c2ccncc2)cc1C. The molecular formula is C20H19N3O. The van der Waals surface area contributed by atoms with Crippen molar-refractivity contribution in [1.82, 2.24) is 14.8 Å². The van der Waals surface area contributed by atoms with Gasteiger partial charge in [0.1, 0.15) is 0 Å². The van der Waals surface area contributed by atoms with Crippen molar-refractivity contribution < 1.29 is 4.79 Å². The monoisotopic (exact) mass is 317 g/mol. The lowest BCUT2D eigenvalue weighted by Crippen LogP contribution is -1.95. The molecule has 0 saturated heterocycles. The van der Waals surface area contributed by atoms with E-state index in [-0.39, 0.29) is 5.78 Å². The van der Waals surface area contributed by atoms with E-state index >= 15 is 0 Å². The van der Waals surface area contributed by atoms with Crippen molar-refractivity contribution in [2.45, 2.75) is 13.8 Å². The first-order chi connectivity index (χ1) is 11.5. The highest BCUT2D eigenvalue weighted by atomic mass is 16.1. The predicted molar refractivity (Wildman–Crippen MR) is 95.7 cm³/mol. The Balaban J connectivity index is 1.89. The first-order valence-corrected chi connectivity index (χ1v) is 7.78. The zero-order valence-electron chi connectivity index (χ0n) is 14.0. The minimum absolute atomic E-state index is 0.0115. The predicted octanol–water partition coefficient (Wildman–Crippen LogP) is 4.00. The van der Waals surface area contributed by atoms with Gasteiger partial charge in [0.2, 0.25) is 0 Å². The molecule has 0 bridgehead atoms. The lowest BCUT2D eigenvalue weighted by atomic mass is 10.0. The Bertz CT molecular complexity index is 908. The third kappa shape index (κ3) is 3.33. The van der Waals surface area contributed by atoms with Gasteiger partial charge in [-0.15, -0.1) is 0 Å². The van der Waals surface area contributed by atoms with Gasteiger partial charge in [-0.25, -0.2) is 0 Å². The molecule has 0 radical (unpaired) electrons. The Morgan fingerprint density at radius 1 is 1.08 bits per heavy atom. The highest BCUT2D eigenvalue weighted by Gasteiger charge is 2.09. The third-order valence-corrected chi connectivity index (χ3v) is 4.02. The molecule has 0 saturated carbocycles. The zero-order valence-corrected chi connectivity index (χ0v) is 14.0. The summed E-state index contributed by atoms with van der Waals surface area (Å²) >= 11 is 0. The van der Waals surface area contributed by atoms with E-state index in [4.69, 9.17) is 0 Å². The van der Waals surface area contributed by atoms with Crippen molar-refractivity contribution in [3.8, 4) is 11.3 Å². The van der Waals surface area contributed by atoms with E-state index in [1.54, 1.807) is 23.2 Å². The fraction of sp³-hybridized carbons (Fsp3) is 0.150. The number of hydrogen-bond donors (Lipinski definition) is 0. The molecule has 24 heavy (non-hydrogen) atoms. The quantitative estimate of drug-likeness (QED) is 0.540. The molecule has 0 N–H and O–H groups in total. The van der Waals surface area contributed by atoms with E-state index in [0.29, 0.717) is 5.56 Å². The first kappa shape index (κ1) is 15.9. The van der Waals surface area contributed by atoms with Crippen molar-refractivity contribution in [1.29, 1.82) is 0 Å². The van der Waals surface area contributed by atoms with E-state index in [0.717, 1.165) is 22.4 Å². The van der Waals surface area contributed by atoms with Crippen LogP contribution < -0.4 is 0 Å². The summed E-state index contributed by atoms with van der Waals surface area (Å²) in [5.74, 6) is -0.0115. The van der Waals surface area contributed by atoms with Gasteiger partial charge in [-0.3, -0.25) is 14.5 Å². The summed E-state index contributed by atoms with van der Waals surface area (Å²) in [7, 11) is 1.87. The van der Waals surface area contributed by atoms with Crippen LogP contribution in [0.3, 0.4) is 0 Å². The lowest BCUT2D eigenvalue weighted by molar-refractivity contribution is 0.104. The van der Waals surface area contributed by atoms with Crippen molar-refractivity contribution in [3.63, 3.8) is 0 Å². The van der Waals surface area contributed by atoms with Gasteiger partial charge in [0.15, 0.2) is 5.78 Å². The molecule has 0 aliphatic rings. The number of aromatic nitrogens is 3. The van der Waals surface area contributed by atoms with Crippen molar-refractivity contribution >= 4 is 11.9 Å². The molecule has 0 aliphatic heterocycles. The number of carbonyl (C=O) groups is 1. The van der Waals surface area contributed by atoms with Gasteiger partial charge in [0.05, 0.1) is 5.69 Å². The second kappa shape index (κ2) is 6.62. The minimum atomic E-state index is -0.0115. The van der Waals surface area contributed by atoms with Crippen LogP contribution in [0.5, 0.6) is 0 Å². The van der Waals surface area contributed by atoms with E-state index in [1.165, 1.54) is 5.56 Å². The largest absolute Gasteiger partial charge is 0.289 e. The highest BCUT2D eigenvalue weighted by Crippen LogP contribution is 2.22. The summed E-state index contributed by atoms with van der Waals surface area (Å²) in [6, 6.07) is 9.58. The van der Waals surface area contributed by atoms with Gasteiger partial charge >= 0.3 is 0 Å². The molecule has 1 aromatic carbocycles. The van der Waals surface area contributed by atoms with Crippen LogP contribution in [0, 0.1) is 13.8 Å². The van der Waals surface area contributed by atoms with Crippen LogP contribution in [0.1, 0.15) is 27.0 Å². The Morgan fingerprint density at radius 2 is 1.83 bits per heavy atom.